The van der Waals surface area contributed by atoms with Gasteiger partial charge in [0.05, 0.1) is 7.11 Å². The Balaban J connectivity index is 2.07. The molecule has 2 nitrogen and oxygen atoms in total. The van der Waals surface area contributed by atoms with Crippen molar-refractivity contribution in [3.8, 4) is 5.75 Å². The van der Waals surface area contributed by atoms with Crippen molar-refractivity contribution < 1.29 is 4.74 Å². The zero-order valence-corrected chi connectivity index (χ0v) is 14.0. The standard InChI is InChI=1S/C19H29NO/c1-5-20(3)18-12-14-9-10-15(21-4)13-17(14)19(2)11-7-6-8-16(18)19/h9-10,13,16,18H,5-8,11-12H2,1-4H3/t16?,18-,19+/m0/s1. The Bertz CT molecular complexity index is 512. The molecule has 2 aliphatic rings. The summed E-state index contributed by atoms with van der Waals surface area (Å²) in [6.45, 7) is 5.93. The van der Waals surface area contributed by atoms with E-state index in [2.05, 4.69) is 44.0 Å². The number of fused-ring (bicyclic) bond motifs is 3. The van der Waals surface area contributed by atoms with Crippen molar-refractivity contribution in [2.24, 2.45) is 5.92 Å². The van der Waals surface area contributed by atoms with Crippen molar-refractivity contribution >= 4 is 0 Å². The van der Waals surface area contributed by atoms with E-state index in [9.17, 15) is 0 Å². The molecular formula is C19H29NO. The van der Waals surface area contributed by atoms with Gasteiger partial charge in [-0.3, -0.25) is 0 Å². The second-order valence-electron chi connectivity index (χ2n) is 7.14. The summed E-state index contributed by atoms with van der Waals surface area (Å²) in [6.07, 6.45) is 6.66. The molecule has 2 heteroatoms. The first-order valence-corrected chi connectivity index (χ1v) is 8.47. The fourth-order valence-corrected chi connectivity index (χ4v) is 4.77. The fourth-order valence-electron chi connectivity index (χ4n) is 4.77. The largest absolute Gasteiger partial charge is 0.497 e. The van der Waals surface area contributed by atoms with Gasteiger partial charge in [-0.25, -0.2) is 0 Å². The average Bonchev–Trinajstić information content (AvgIpc) is 2.52. The monoisotopic (exact) mass is 287 g/mol. The molecule has 1 aromatic carbocycles. The maximum absolute atomic E-state index is 5.49. The smallest absolute Gasteiger partial charge is 0.119 e. The highest BCUT2D eigenvalue weighted by atomic mass is 16.5. The third-order valence-corrected chi connectivity index (χ3v) is 6.17. The van der Waals surface area contributed by atoms with Crippen LogP contribution in [0.3, 0.4) is 0 Å². The summed E-state index contributed by atoms with van der Waals surface area (Å²) in [5.41, 5.74) is 3.43. The van der Waals surface area contributed by atoms with E-state index in [4.69, 9.17) is 4.74 Å². The molecule has 0 amide bonds. The van der Waals surface area contributed by atoms with Gasteiger partial charge in [-0.1, -0.05) is 32.8 Å². The highest BCUT2D eigenvalue weighted by Crippen LogP contribution is 2.51. The number of rotatable bonds is 3. The quantitative estimate of drug-likeness (QED) is 0.832. The van der Waals surface area contributed by atoms with Crippen LogP contribution in [0.5, 0.6) is 5.75 Å². The van der Waals surface area contributed by atoms with Crippen LogP contribution in [-0.2, 0) is 11.8 Å². The number of hydrogen-bond donors (Lipinski definition) is 0. The molecule has 0 saturated heterocycles. The lowest BCUT2D eigenvalue weighted by Gasteiger charge is -2.52. The Labute approximate surface area is 129 Å². The van der Waals surface area contributed by atoms with E-state index in [-0.39, 0.29) is 0 Å². The van der Waals surface area contributed by atoms with Gasteiger partial charge in [0.2, 0.25) is 0 Å². The molecule has 1 fully saturated rings. The van der Waals surface area contributed by atoms with E-state index in [1.54, 1.807) is 18.2 Å². The van der Waals surface area contributed by atoms with Gasteiger partial charge in [0.15, 0.2) is 0 Å². The molecule has 0 heterocycles. The predicted octanol–water partition coefficient (Wildman–Crippen LogP) is 4.02. The zero-order valence-electron chi connectivity index (χ0n) is 14.0. The molecule has 0 spiro atoms. The average molecular weight is 287 g/mol. The minimum atomic E-state index is 0.328. The van der Waals surface area contributed by atoms with Crippen LogP contribution in [0.25, 0.3) is 0 Å². The lowest BCUT2D eigenvalue weighted by molar-refractivity contribution is 0.0711. The van der Waals surface area contributed by atoms with Gasteiger partial charge in [0.1, 0.15) is 5.75 Å². The zero-order chi connectivity index (χ0) is 15.0. The van der Waals surface area contributed by atoms with Crippen molar-refractivity contribution in [1.29, 1.82) is 0 Å². The summed E-state index contributed by atoms with van der Waals surface area (Å²) >= 11 is 0. The van der Waals surface area contributed by atoms with Crippen LogP contribution in [-0.4, -0.2) is 31.6 Å². The van der Waals surface area contributed by atoms with Crippen molar-refractivity contribution in [2.45, 2.75) is 57.4 Å². The Morgan fingerprint density at radius 1 is 1.33 bits per heavy atom. The minimum Gasteiger partial charge on any atom is -0.497 e. The normalized spacial score (nSPS) is 31.7. The molecule has 1 saturated carbocycles. The first-order valence-electron chi connectivity index (χ1n) is 8.47. The van der Waals surface area contributed by atoms with Crippen LogP contribution in [0.2, 0.25) is 0 Å². The van der Waals surface area contributed by atoms with Gasteiger partial charge in [-0.2, -0.15) is 0 Å². The van der Waals surface area contributed by atoms with Crippen LogP contribution in [0.1, 0.15) is 50.7 Å². The molecule has 1 aromatic rings. The maximum atomic E-state index is 5.49. The van der Waals surface area contributed by atoms with Crippen LogP contribution in [0, 0.1) is 5.92 Å². The molecular weight excluding hydrogens is 258 g/mol. The lowest BCUT2D eigenvalue weighted by Crippen LogP contribution is -2.53. The van der Waals surface area contributed by atoms with Crippen LogP contribution >= 0.6 is 0 Å². The third kappa shape index (κ3) is 2.38. The number of methoxy groups -OCH3 is 1. The second kappa shape index (κ2) is 5.64. The van der Waals surface area contributed by atoms with E-state index in [1.165, 1.54) is 32.1 Å². The molecule has 2 aliphatic carbocycles. The Morgan fingerprint density at radius 3 is 2.86 bits per heavy atom. The summed E-state index contributed by atoms with van der Waals surface area (Å²) in [5, 5.41) is 0. The predicted molar refractivity (Wildman–Crippen MR) is 88.1 cm³/mol. The lowest BCUT2D eigenvalue weighted by atomic mass is 9.56. The third-order valence-electron chi connectivity index (χ3n) is 6.17. The van der Waals surface area contributed by atoms with Gasteiger partial charge in [-0.05, 0) is 67.4 Å². The number of nitrogens with zero attached hydrogens (tertiary/aromatic N) is 1. The van der Waals surface area contributed by atoms with Crippen molar-refractivity contribution in [1.82, 2.24) is 4.90 Å². The first kappa shape index (κ1) is 14.9. The van der Waals surface area contributed by atoms with E-state index >= 15 is 0 Å². The van der Waals surface area contributed by atoms with Crippen LogP contribution in [0.15, 0.2) is 18.2 Å². The summed E-state index contributed by atoms with van der Waals surface area (Å²) in [5.74, 6) is 1.80. The summed E-state index contributed by atoms with van der Waals surface area (Å²) < 4.78 is 5.49. The van der Waals surface area contributed by atoms with Gasteiger partial charge in [0, 0.05) is 6.04 Å². The number of likely N-dealkylation sites (N-methyl/N-ethyl adjacent to an activating group) is 1. The van der Waals surface area contributed by atoms with Crippen molar-refractivity contribution in [3.63, 3.8) is 0 Å². The summed E-state index contributed by atoms with van der Waals surface area (Å²) in [7, 11) is 4.08. The van der Waals surface area contributed by atoms with Crippen molar-refractivity contribution in [2.75, 3.05) is 20.7 Å². The maximum Gasteiger partial charge on any atom is 0.119 e. The van der Waals surface area contributed by atoms with Crippen molar-refractivity contribution in [3.05, 3.63) is 29.3 Å². The van der Waals surface area contributed by atoms with Gasteiger partial charge >= 0.3 is 0 Å². The van der Waals surface area contributed by atoms with Crippen LogP contribution in [0.4, 0.5) is 0 Å². The molecule has 0 radical (unpaired) electrons. The highest BCUT2D eigenvalue weighted by molar-refractivity contribution is 5.44. The molecule has 3 atom stereocenters. The number of ether oxygens (including phenoxy) is 1. The number of hydrogen-bond acceptors (Lipinski definition) is 2. The van der Waals surface area contributed by atoms with Crippen LogP contribution < -0.4 is 4.74 Å². The van der Waals surface area contributed by atoms with E-state index in [0.29, 0.717) is 11.5 Å². The second-order valence-corrected chi connectivity index (χ2v) is 7.14. The van der Waals surface area contributed by atoms with Gasteiger partial charge in [0.25, 0.3) is 0 Å². The Hall–Kier alpha value is -1.02. The molecule has 0 bridgehead atoms. The first-order chi connectivity index (χ1) is 10.1. The topological polar surface area (TPSA) is 12.5 Å². The molecule has 0 N–H and O–H groups in total. The van der Waals surface area contributed by atoms with E-state index in [0.717, 1.165) is 18.2 Å². The molecule has 1 unspecified atom stereocenters. The van der Waals surface area contributed by atoms with E-state index in [1.807, 2.05) is 0 Å². The summed E-state index contributed by atoms with van der Waals surface area (Å²) in [4.78, 5) is 2.57. The minimum absolute atomic E-state index is 0.328. The van der Waals surface area contributed by atoms with Gasteiger partial charge < -0.3 is 9.64 Å². The molecule has 116 valence electrons. The van der Waals surface area contributed by atoms with Gasteiger partial charge in [-0.15, -0.1) is 0 Å². The number of benzene rings is 1. The molecule has 3 rings (SSSR count). The van der Waals surface area contributed by atoms with E-state index < -0.39 is 0 Å². The molecule has 21 heavy (non-hydrogen) atoms. The Morgan fingerprint density at radius 2 is 2.14 bits per heavy atom. The fraction of sp³-hybridized carbons (Fsp3) is 0.684. The Kier molecular flexibility index (Phi) is 4.00. The summed E-state index contributed by atoms with van der Waals surface area (Å²) in [6, 6.07) is 7.45. The highest BCUT2D eigenvalue weighted by Gasteiger charge is 2.47. The molecule has 0 aliphatic heterocycles. The molecule has 0 aromatic heterocycles. The SMILES string of the molecule is CCN(C)[C@H]1Cc2ccc(OC)cc2[C@]2(C)CCCCC12.